The van der Waals surface area contributed by atoms with Gasteiger partial charge in [0, 0.05) is 19.1 Å². The van der Waals surface area contributed by atoms with E-state index in [1.165, 1.54) is 24.1 Å². The van der Waals surface area contributed by atoms with E-state index in [0.717, 1.165) is 25.9 Å². The van der Waals surface area contributed by atoms with Crippen LogP contribution in [-0.2, 0) is 12.8 Å². The molecule has 0 aliphatic rings. The molecule has 2 heteroatoms. The Bertz CT molecular complexity index is 356. The standard InChI is InChI=1S/C18H32N2/c1-6-13-19(4)14-11-17-7-9-18(10-8-17)12-15-20(5)16(2)3/h7-10,16H,6,11-15H2,1-5H3. The summed E-state index contributed by atoms with van der Waals surface area (Å²) in [4.78, 5) is 4.80. The van der Waals surface area contributed by atoms with E-state index in [-0.39, 0.29) is 0 Å². The maximum Gasteiger partial charge on any atom is 0.00356 e. The normalized spacial score (nSPS) is 11.8. The van der Waals surface area contributed by atoms with Crippen LogP contribution in [0.25, 0.3) is 0 Å². The first kappa shape index (κ1) is 17.2. The van der Waals surface area contributed by atoms with Crippen LogP contribution in [0.2, 0.25) is 0 Å². The number of nitrogens with zero attached hydrogens (tertiary/aromatic N) is 2. The molecule has 0 saturated carbocycles. The van der Waals surface area contributed by atoms with Crippen molar-refractivity contribution in [3.05, 3.63) is 35.4 Å². The van der Waals surface area contributed by atoms with Crippen LogP contribution >= 0.6 is 0 Å². The van der Waals surface area contributed by atoms with Gasteiger partial charge in [0.25, 0.3) is 0 Å². The Kier molecular flexibility index (Phi) is 7.86. The molecule has 0 atom stereocenters. The molecule has 2 nitrogen and oxygen atoms in total. The van der Waals surface area contributed by atoms with Gasteiger partial charge in [-0.2, -0.15) is 0 Å². The minimum absolute atomic E-state index is 0.628. The second-order valence-electron chi connectivity index (χ2n) is 6.19. The Morgan fingerprint density at radius 2 is 1.35 bits per heavy atom. The monoisotopic (exact) mass is 276 g/mol. The van der Waals surface area contributed by atoms with Gasteiger partial charge in [-0.3, -0.25) is 0 Å². The zero-order valence-corrected chi connectivity index (χ0v) is 14.0. The lowest BCUT2D eigenvalue weighted by Gasteiger charge is -2.20. The smallest absolute Gasteiger partial charge is 0.00356 e. The van der Waals surface area contributed by atoms with Crippen LogP contribution in [0.3, 0.4) is 0 Å². The number of rotatable bonds is 9. The molecule has 114 valence electrons. The first-order valence-electron chi connectivity index (χ1n) is 7.99. The highest BCUT2D eigenvalue weighted by Gasteiger charge is 2.03. The summed E-state index contributed by atoms with van der Waals surface area (Å²) in [6.45, 7) is 10.2. The molecule has 1 rings (SSSR count). The van der Waals surface area contributed by atoms with Crippen LogP contribution in [0.1, 0.15) is 38.3 Å². The molecule has 20 heavy (non-hydrogen) atoms. The lowest BCUT2D eigenvalue weighted by atomic mass is 10.1. The average molecular weight is 276 g/mol. The lowest BCUT2D eigenvalue weighted by Crippen LogP contribution is -2.28. The number of hydrogen-bond acceptors (Lipinski definition) is 2. The highest BCUT2D eigenvalue weighted by Crippen LogP contribution is 2.08. The summed E-state index contributed by atoms with van der Waals surface area (Å²) in [6, 6.07) is 9.81. The van der Waals surface area contributed by atoms with E-state index in [1.54, 1.807) is 0 Å². The molecule has 1 aromatic carbocycles. The maximum atomic E-state index is 2.41. The molecule has 0 radical (unpaired) electrons. The van der Waals surface area contributed by atoms with E-state index in [4.69, 9.17) is 0 Å². The lowest BCUT2D eigenvalue weighted by molar-refractivity contribution is 0.277. The third kappa shape index (κ3) is 6.53. The molecule has 0 spiro atoms. The molecule has 0 bridgehead atoms. The van der Waals surface area contributed by atoms with Gasteiger partial charge in [0.1, 0.15) is 0 Å². The van der Waals surface area contributed by atoms with E-state index in [2.05, 4.69) is 68.9 Å². The third-order valence-electron chi connectivity index (χ3n) is 4.05. The summed E-state index contributed by atoms with van der Waals surface area (Å²) >= 11 is 0. The van der Waals surface area contributed by atoms with Gasteiger partial charge in [-0.15, -0.1) is 0 Å². The van der Waals surface area contributed by atoms with Gasteiger partial charge < -0.3 is 9.80 Å². The summed E-state index contributed by atoms with van der Waals surface area (Å²) in [6.07, 6.45) is 3.53. The Morgan fingerprint density at radius 1 is 0.850 bits per heavy atom. The Morgan fingerprint density at radius 3 is 1.80 bits per heavy atom. The van der Waals surface area contributed by atoms with Gasteiger partial charge >= 0.3 is 0 Å². The SMILES string of the molecule is CCCN(C)CCc1ccc(CCN(C)C(C)C)cc1. The van der Waals surface area contributed by atoms with Crippen molar-refractivity contribution in [2.75, 3.05) is 33.7 Å². The fraction of sp³-hybridized carbons (Fsp3) is 0.667. The summed E-state index contributed by atoms with van der Waals surface area (Å²) in [7, 11) is 4.40. The predicted molar refractivity (Wildman–Crippen MR) is 89.4 cm³/mol. The Balaban J connectivity index is 2.36. The molecular formula is C18H32N2. The maximum absolute atomic E-state index is 2.41. The van der Waals surface area contributed by atoms with Gasteiger partial charge in [0.05, 0.1) is 0 Å². The fourth-order valence-corrected chi connectivity index (χ4v) is 2.25. The highest BCUT2D eigenvalue weighted by atomic mass is 15.1. The second kappa shape index (κ2) is 9.15. The van der Waals surface area contributed by atoms with Crippen molar-refractivity contribution in [2.45, 2.75) is 46.1 Å². The molecule has 0 fully saturated rings. The van der Waals surface area contributed by atoms with Crippen LogP contribution in [0, 0.1) is 0 Å². The molecule has 0 aliphatic carbocycles. The molecule has 0 heterocycles. The molecule has 0 unspecified atom stereocenters. The Hall–Kier alpha value is -0.860. The van der Waals surface area contributed by atoms with Crippen LogP contribution in [0.15, 0.2) is 24.3 Å². The van der Waals surface area contributed by atoms with Gasteiger partial charge in [0.2, 0.25) is 0 Å². The highest BCUT2D eigenvalue weighted by molar-refractivity contribution is 5.23. The summed E-state index contributed by atoms with van der Waals surface area (Å²) in [5.74, 6) is 0. The van der Waals surface area contributed by atoms with Gasteiger partial charge in [-0.25, -0.2) is 0 Å². The minimum atomic E-state index is 0.628. The average Bonchev–Trinajstić information content (AvgIpc) is 2.43. The van der Waals surface area contributed by atoms with Crippen molar-refractivity contribution in [1.82, 2.24) is 9.80 Å². The number of hydrogen-bond donors (Lipinski definition) is 0. The molecule has 0 aromatic heterocycles. The third-order valence-corrected chi connectivity index (χ3v) is 4.05. The van der Waals surface area contributed by atoms with Crippen LogP contribution in [0.4, 0.5) is 0 Å². The van der Waals surface area contributed by atoms with Gasteiger partial charge in [-0.05, 0) is 64.9 Å². The molecule has 1 aromatic rings. The summed E-state index contributed by atoms with van der Waals surface area (Å²) in [5, 5.41) is 0. The van der Waals surface area contributed by atoms with Crippen molar-refractivity contribution in [2.24, 2.45) is 0 Å². The first-order chi connectivity index (χ1) is 9.52. The van der Waals surface area contributed by atoms with Crippen molar-refractivity contribution >= 4 is 0 Å². The number of benzene rings is 1. The summed E-state index contributed by atoms with van der Waals surface area (Å²) in [5.41, 5.74) is 2.90. The predicted octanol–water partition coefficient (Wildman–Crippen LogP) is 3.45. The van der Waals surface area contributed by atoms with E-state index < -0.39 is 0 Å². The van der Waals surface area contributed by atoms with Crippen LogP contribution in [-0.4, -0.2) is 49.6 Å². The van der Waals surface area contributed by atoms with E-state index >= 15 is 0 Å². The van der Waals surface area contributed by atoms with Gasteiger partial charge in [-0.1, -0.05) is 31.2 Å². The zero-order chi connectivity index (χ0) is 15.0. The molecule has 0 saturated heterocycles. The second-order valence-corrected chi connectivity index (χ2v) is 6.19. The molecule has 0 aliphatic heterocycles. The molecular weight excluding hydrogens is 244 g/mol. The minimum Gasteiger partial charge on any atom is -0.306 e. The van der Waals surface area contributed by atoms with Gasteiger partial charge in [0.15, 0.2) is 0 Å². The van der Waals surface area contributed by atoms with Crippen molar-refractivity contribution in [3.63, 3.8) is 0 Å². The molecule has 0 N–H and O–H groups in total. The van der Waals surface area contributed by atoms with E-state index in [1.807, 2.05) is 0 Å². The van der Waals surface area contributed by atoms with Crippen molar-refractivity contribution in [1.29, 1.82) is 0 Å². The van der Waals surface area contributed by atoms with Crippen LogP contribution < -0.4 is 0 Å². The summed E-state index contributed by atoms with van der Waals surface area (Å²) < 4.78 is 0. The Labute approximate surface area is 125 Å². The van der Waals surface area contributed by atoms with Crippen LogP contribution in [0.5, 0.6) is 0 Å². The van der Waals surface area contributed by atoms with E-state index in [0.29, 0.717) is 6.04 Å². The first-order valence-corrected chi connectivity index (χ1v) is 7.99. The fourth-order valence-electron chi connectivity index (χ4n) is 2.25. The molecule has 0 amide bonds. The number of likely N-dealkylation sites (N-methyl/N-ethyl adjacent to an activating group) is 2. The van der Waals surface area contributed by atoms with E-state index in [9.17, 15) is 0 Å². The largest absolute Gasteiger partial charge is 0.306 e. The topological polar surface area (TPSA) is 6.48 Å². The zero-order valence-electron chi connectivity index (χ0n) is 14.0. The van der Waals surface area contributed by atoms with Crippen molar-refractivity contribution < 1.29 is 0 Å². The van der Waals surface area contributed by atoms with Crippen molar-refractivity contribution in [3.8, 4) is 0 Å². The quantitative estimate of drug-likeness (QED) is 0.681.